The average molecular weight is 227 g/mol. The van der Waals surface area contributed by atoms with Gasteiger partial charge in [-0.25, -0.2) is 0 Å². The molecular weight excluding hydrogens is 212 g/mol. The van der Waals surface area contributed by atoms with Crippen LogP contribution in [-0.2, 0) is 6.54 Å². The fourth-order valence-electron chi connectivity index (χ4n) is 2.32. The highest BCUT2D eigenvalue weighted by atomic mass is 15.4. The molecule has 1 radical (unpaired) electrons. The van der Waals surface area contributed by atoms with Crippen LogP contribution in [0.25, 0.3) is 0 Å². The Morgan fingerprint density at radius 2 is 2.06 bits per heavy atom. The fraction of sp³-hybridized carbons (Fsp3) is 0.308. The van der Waals surface area contributed by atoms with Crippen LogP contribution in [-0.4, -0.2) is 23.7 Å². The Morgan fingerprint density at radius 1 is 1.24 bits per heavy atom. The average Bonchev–Trinajstić information content (AvgIpc) is 2.72. The summed E-state index contributed by atoms with van der Waals surface area (Å²) in [6.07, 6.45) is 0.959. The molecule has 0 amide bonds. The summed E-state index contributed by atoms with van der Waals surface area (Å²) in [5, 5.41) is 4.13. The molecule has 4 heteroatoms. The topological polar surface area (TPSA) is 55.7 Å². The summed E-state index contributed by atoms with van der Waals surface area (Å²) in [5.74, 6) is 0.611. The largest absolute Gasteiger partial charge is 0.382 e. The van der Waals surface area contributed by atoms with Gasteiger partial charge >= 0.3 is 0 Å². The van der Waals surface area contributed by atoms with Crippen molar-refractivity contribution in [2.75, 3.05) is 13.1 Å². The quantitative estimate of drug-likeness (QED) is 0.820. The maximum absolute atomic E-state index is 5.77. The second-order valence-electron chi connectivity index (χ2n) is 4.46. The Labute approximate surface area is 101 Å². The molecule has 1 saturated heterocycles. The van der Waals surface area contributed by atoms with Gasteiger partial charge in [0.15, 0.2) is 5.82 Å². The van der Waals surface area contributed by atoms with Gasteiger partial charge in [0.1, 0.15) is 0 Å². The molecule has 0 bridgehead atoms. The van der Waals surface area contributed by atoms with Gasteiger partial charge in [0.25, 0.3) is 0 Å². The Morgan fingerprint density at radius 3 is 2.88 bits per heavy atom. The fourth-order valence-corrected chi connectivity index (χ4v) is 2.32. The molecule has 0 aromatic heterocycles. The van der Waals surface area contributed by atoms with Crippen LogP contribution in [0.4, 0.5) is 0 Å². The van der Waals surface area contributed by atoms with E-state index in [-0.39, 0.29) is 0 Å². The lowest BCUT2D eigenvalue weighted by atomic mass is 10.0. The Kier molecular flexibility index (Phi) is 2.57. The van der Waals surface area contributed by atoms with Crippen LogP contribution >= 0.6 is 0 Å². The van der Waals surface area contributed by atoms with Crippen LogP contribution in [0.15, 0.2) is 46.8 Å². The molecule has 2 aliphatic heterocycles. The zero-order chi connectivity index (χ0) is 11.7. The normalized spacial score (nSPS) is 19.9. The van der Waals surface area contributed by atoms with Crippen LogP contribution in [0, 0.1) is 0 Å². The van der Waals surface area contributed by atoms with E-state index in [4.69, 9.17) is 5.73 Å². The van der Waals surface area contributed by atoms with Crippen molar-refractivity contribution >= 4 is 5.71 Å². The van der Waals surface area contributed by atoms with Crippen LogP contribution in [0.1, 0.15) is 12.0 Å². The zero-order valence-corrected chi connectivity index (χ0v) is 9.63. The third-order valence-electron chi connectivity index (χ3n) is 3.24. The van der Waals surface area contributed by atoms with Crippen molar-refractivity contribution in [1.82, 2.24) is 10.3 Å². The van der Waals surface area contributed by atoms with E-state index >= 15 is 0 Å². The molecule has 0 aliphatic carbocycles. The Hall–Kier alpha value is -1.81. The van der Waals surface area contributed by atoms with Crippen molar-refractivity contribution in [3.63, 3.8) is 0 Å². The van der Waals surface area contributed by atoms with Crippen molar-refractivity contribution in [3.8, 4) is 0 Å². The van der Waals surface area contributed by atoms with E-state index in [0.29, 0.717) is 5.82 Å². The van der Waals surface area contributed by atoms with Crippen molar-refractivity contribution in [2.45, 2.75) is 13.0 Å². The summed E-state index contributed by atoms with van der Waals surface area (Å²) in [6, 6.07) is 10.5. The molecular formula is C13H15N4. The number of fused-ring (bicyclic) bond motifs is 1. The summed E-state index contributed by atoms with van der Waals surface area (Å²) in [7, 11) is 0. The van der Waals surface area contributed by atoms with Gasteiger partial charge in [-0.3, -0.25) is 4.90 Å². The Bertz CT molecular complexity index is 475. The first-order valence-corrected chi connectivity index (χ1v) is 5.86. The summed E-state index contributed by atoms with van der Waals surface area (Å²) >= 11 is 0. The van der Waals surface area contributed by atoms with Crippen molar-refractivity contribution in [1.29, 1.82) is 0 Å². The summed E-state index contributed by atoms with van der Waals surface area (Å²) in [6.45, 7) is 2.85. The third kappa shape index (κ3) is 2.03. The summed E-state index contributed by atoms with van der Waals surface area (Å²) in [5.41, 5.74) is 13.2. The van der Waals surface area contributed by atoms with E-state index in [1.807, 2.05) is 6.07 Å². The molecule has 0 atom stereocenters. The predicted molar refractivity (Wildman–Crippen MR) is 67.1 cm³/mol. The van der Waals surface area contributed by atoms with E-state index in [1.165, 1.54) is 5.56 Å². The zero-order valence-electron chi connectivity index (χ0n) is 9.63. The minimum absolute atomic E-state index is 0.611. The number of rotatable bonds is 2. The highest BCUT2D eigenvalue weighted by Crippen LogP contribution is 2.21. The molecule has 0 spiro atoms. The molecule has 1 aromatic carbocycles. The van der Waals surface area contributed by atoms with Gasteiger partial charge in [-0.1, -0.05) is 30.3 Å². The van der Waals surface area contributed by atoms with Gasteiger partial charge in [0, 0.05) is 25.2 Å². The molecule has 3 rings (SSSR count). The molecule has 0 saturated carbocycles. The standard InChI is InChI=1S/C13H15N4/c14-13-11-6-7-17(9-12(11)15-16-13)8-10-4-2-1-3-5-10/h1-5H,6-9,14H2. The number of hydrogen-bond donors (Lipinski definition) is 1. The van der Waals surface area contributed by atoms with Crippen LogP contribution in [0.5, 0.6) is 0 Å². The molecule has 87 valence electrons. The summed E-state index contributed by atoms with van der Waals surface area (Å²) < 4.78 is 0. The van der Waals surface area contributed by atoms with E-state index in [9.17, 15) is 0 Å². The van der Waals surface area contributed by atoms with Gasteiger partial charge in [-0.2, -0.15) is 5.10 Å². The second-order valence-corrected chi connectivity index (χ2v) is 4.46. The monoisotopic (exact) mass is 227 g/mol. The Balaban J connectivity index is 1.69. The van der Waals surface area contributed by atoms with Crippen LogP contribution in [0.2, 0.25) is 0 Å². The SMILES string of the molecule is NC1=C2CCN(Cc3ccccc3)CC2=N[N]1. The lowest BCUT2D eigenvalue weighted by Crippen LogP contribution is -2.36. The molecule has 1 aromatic rings. The van der Waals surface area contributed by atoms with Crippen molar-refractivity contribution in [3.05, 3.63) is 47.3 Å². The first-order chi connectivity index (χ1) is 8.33. The first kappa shape index (κ1) is 10.4. The summed E-state index contributed by atoms with van der Waals surface area (Å²) in [4.78, 5) is 2.38. The van der Waals surface area contributed by atoms with Gasteiger partial charge in [0.05, 0.1) is 5.71 Å². The highest BCUT2D eigenvalue weighted by Gasteiger charge is 2.26. The van der Waals surface area contributed by atoms with Crippen LogP contribution in [0.3, 0.4) is 0 Å². The third-order valence-corrected chi connectivity index (χ3v) is 3.24. The lowest BCUT2D eigenvalue weighted by Gasteiger charge is -2.27. The van der Waals surface area contributed by atoms with Gasteiger partial charge in [-0.15, -0.1) is 5.43 Å². The molecule has 17 heavy (non-hydrogen) atoms. The number of nitrogens with two attached hydrogens (primary N) is 1. The number of hydrogen-bond acceptors (Lipinski definition) is 3. The molecule has 2 N–H and O–H groups in total. The number of piperidine rings is 1. The van der Waals surface area contributed by atoms with E-state index in [0.717, 1.165) is 37.3 Å². The number of likely N-dealkylation sites (tertiary alicyclic amines) is 1. The lowest BCUT2D eigenvalue weighted by molar-refractivity contribution is 0.298. The second kappa shape index (κ2) is 4.22. The number of nitrogens with zero attached hydrogens (tertiary/aromatic N) is 3. The molecule has 2 aliphatic rings. The molecule has 1 fully saturated rings. The van der Waals surface area contributed by atoms with Crippen molar-refractivity contribution < 1.29 is 0 Å². The predicted octanol–water partition coefficient (Wildman–Crippen LogP) is 1.04. The maximum atomic E-state index is 5.77. The first-order valence-electron chi connectivity index (χ1n) is 5.86. The molecule has 2 heterocycles. The van der Waals surface area contributed by atoms with E-state index in [1.54, 1.807) is 0 Å². The number of benzene rings is 1. The van der Waals surface area contributed by atoms with E-state index < -0.39 is 0 Å². The maximum Gasteiger partial charge on any atom is 0.151 e. The minimum atomic E-state index is 0.611. The highest BCUT2D eigenvalue weighted by molar-refractivity contribution is 6.04. The van der Waals surface area contributed by atoms with Crippen molar-refractivity contribution in [2.24, 2.45) is 10.8 Å². The van der Waals surface area contributed by atoms with Gasteiger partial charge < -0.3 is 5.73 Å². The van der Waals surface area contributed by atoms with Gasteiger partial charge in [-0.05, 0) is 12.0 Å². The molecule has 0 unspecified atom stereocenters. The van der Waals surface area contributed by atoms with E-state index in [2.05, 4.69) is 39.7 Å². The van der Waals surface area contributed by atoms with Gasteiger partial charge in [0.2, 0.25) is 0 Å². The van der Waals surface area contributed by atoms with Crippen LogP contribution < -0.4 is 11.2 Å². The minimum Gasteiger partial charge on any atom is -0.382 e. The smallest absolute Gasteiger partial charge is 0.151 e. The molecule has 4 nitrogen and oxygen atoms in total.